The van der Waals surface area contributed by atoms with E-state index >= 15 is 0 Å². The third kappa shape index (κ3) is 2.40. The molecule has 0 bridgehead atoms. The van der Waals surface area contributed by atoms with Gasteiger partial charge in [-0.1, -0.05) is 6.07 Å². The Kier molecular flexibility index (Phi) is 3.42. The fourth-order valence-electron chi connectivity index (χ4n) is 1.75. The number of hydrogen-bond acceptors (Lipinski definition) is 3. The summed E-state index contributed by atoms with van der Waals surface area (Å²) in [6.45, 7) is 0. The largest absolute Gasteiger partial charge is 0.507 e. The summed E-state index contributed by atoms with van der Waals surface area (Å²) in [5, 5.41) is 10.1. The molecule has 0 amide bonds. The van der Waals surface area contributed by atoms with Gasteiger partial charge < -0.3 is 14.7 Å². The number of methoxy groups -OCH3 is 1. The van der Waals surface area contributed by atoms with Crippen molar-refractivity contribution in [3.63, 3.8) is 0 Å². The van der Waals surface area contributed by atoms with Crippen LogP contribution in [0.1, 0.15) is 0 Å². The number of nitrogens with zero attached hydrogens (tertiary/aromatic N) is 1. The first kappa shape index (κ1) is 12.3. The Morgan fingerprint density at radius 2 is 1.94 bits per heavy atom. The van der Waals surface area contributed by atoms with Crippen LogP contribution in [0.3, 0.4) is 0 Å². The molecule has 0 atom stereocenters. The van der Waals surface area contributed by atoms with Gasteiger partial charge in [-0.15, -0.1) is 0 Å². The summed E-state index contributed by atoms with van der Waals surface area (Å²) < 4.78 is 5.17. The van der Waals surface area contributed by atoms with Crippen molar-refractivity contribution in [2.45, 2.75) is 0 Å². The van der Waals surface area contributed by atoms with Gasteiger partial charge in [0.25, 0.3) is 0 Å². The second kappa shape index (κ2) is 5.00. The molecule has 0 saturated carbocycles. The summed E-state index contributed by atoms with van der Waals surface area (Å²) >= 11 is 0. The Hall–Kier alpha value is -2.16. The molecule has 0 spiro atoms. The Bertz CT molecular complexity index is 550. The highest BCUT2D eigenvalue weighted by molar-refractivity contribution is 5.73. The van der Waals surface area contributed by atoms with Gasteiger partial charge in [-0.05, 0) is 35.9 Å². The summed E-state index contributed by atoms with van der Waals surface area (Å²) in [7, 11) is 5.49. The van der Waals surface area contributed by atoms with Gasteiger partial charge in [-0.25, -0.2) is 0 Å². The van der Waals surface area contributed by atoms with Gasteiger partial charge in [0.15, 0.2) is 0 Å². The minimum Gasteiger partial charge on any atom is -0.507 e. The predicted octanol–water partition coefficient (Wildman–Crippen LogP) is 2.93. The Morgan fingerprint density at radius 1 is 1.17 bits per heavy atom. The molecule has 3 nitrogen and oxygen atoms in total. The standard InChI is InChI=1S/C15H16NO2/c1-16(2)12-7-8-14(15(17)10-12)11-5-4-6-13(9-11)18-3/h4,6-10,17H,1-3H3. The van der Waals surface area contributed by atoms with Crippen LogP contribution in [0, 0.1) is 6.07 Å². The van der Waals surface area contributed by atoms with Crippen molar-refractivity contribution in [1.82, 2.24) is 0 Å². The van der Waals surface area contributed by atoms with Crippen LogP contribution in [0.15, 0.2) is 36.4 Å². The maximum Gasteiger partial charge on any atom is 0.125 e. The molecule has 0 aliphatic carbocycles. The summed E-state index contributed by atoms with van der Waals surface area (Å²) in [6.07, 6.45) is 0. The molecule has 2 aromatic carbocycles. The number of phenolic OH excluding ortho intramolecular Hbond substituents is 1. The Morgan fingerprint density at radius 3 is 2.56 bits per heavy atom. The molecule has 0 aliphatic heterocycles. The molecule has 0 aromatic heterocycles. The number of rotatable bonds is 3. The molecule has 0 fully saturated rings. The van der Waals surface area contributed by atoms with E-state index in [1.54, 1.807) is 19.2 Å². The van der Waals surface area contributed by atoms with Crippen LogP contribution in [-0.2, 0) is 0 Å². The van der Waals surface area contributed by atoms with E-state index in [0.717, 1.165) is 22.6 Å². The highest BCUT2D eigenvalue weighted by atomic mass is 16.5. The first-order valence-electron chi connectivity index (χ1n) is 5.68. The van der Waals surface area contributed by atoms with Gasteiger partial charge in [0, 0.05) is 31.4 Å². The van der Waals surface area contributed by atoms with Gasteiger partial charge >= 0.3 is 0 Å². The monoisotopic (exact) mass is 242 g/mol. The Labute approximate surface area is 107 Å². The van der Waals surface area contributed by atoms with E-state index in [2.05, 4.69) is 6.07 Å². The maximum atomic E-state index is 10.1. The van der Waals surface area contributed by atoms with E-state index in [1.807, 2.05) is 43.3 Å². The summed E-state index contributed by atoms with van der Waals surface area (Å²) in [5.41, 5.74) is 2.52. The SMILES string of the molecule is COc1cc[c]c(-c2ccc(N(C)C)cc2O)c1. The Balaban J connectivity index is 2.44. The summed E-state index contributed by atoms with van der Waals surface area (Å²) in [4.78, 5) is 1.94. The van der Waals surface area contributed by atoms with Crippen molar-refractivity contribution < 1.29 is 9.84 Å². The van der Waals surface area contributed by atoms with Crippen LogP contribution in [0.5, 0.6) is 11.5 Å². The van der Waals surface area contributed by atoms with Crippen molar-refractivity contribution in [2.75, 3.05) is 26.1 Å². The first-order valence-corrected chi connectivity index (χ1v) is 5.68. The van der Waals surface area contributed by atoms with Crippen molar-refractivity contribution in [2.24, 2.45) is 0 Å². The van der Waals surface area contributed by atoms with Crippen LogP contribution < -0.4 is 9.64 Å². The topological polar surface area (TPSA) is 32.7 Å². The molecule has 0 heterocycles. The third-order valence-corrected chi connectivity index (χ3v) is 2.80. The minimum atomic E-state index is 0.241. The van der Waals surface area contributed by atoms with E-state index in [-0.39, 0.29) is 5.75 Å². The molecule has 2 rings (SSSR count). The van der Waals surface area contributed by atoms with Crippen molar-refractivity contribution in [1.29, 1.82) is 0 Å². The predicted molar refractivity (Wildman–Crippen MR) is 73.3 cm³/mol. The second-order valence-electron chi connectivity index (χ2n) is 4.24. The number of anilines is 1. The van der Waals surface area contributed by atoms with Crippen molar-refractivity contribution >= 4 is 5.69 Å². The van der Waals surface area contributed by atoms with Gasteiger partial charge in [-0.3, -0.25) is 0 Å². The molecular weight excluding hydrogens is 226 g/mol. The van der Waals surface area contributed by atoms with E-state index in [0.29, 0.717) is 0 Å². The minimum absolute atomic E-state index is 0.241. The summed E-state index contributed by atoms with van der Waals surface area (Å²) in [6, 6.07) is 14.1. The molecule has 3 heteroatoms. The highest BCUT2D eigenvalue weighted by Crippen LogP contribution is 2.33. The van der Waals surface area contributed by atoms with Crippen LogP contribution in [0.25, 0.3) is 11.1 Å². The number of ether oxygens (including phenoxy) is 1. The van der Waals surface area contributed by atoms with Crippen LogP contribution in [0.2, 0.25) is 0 Å². The van der Waals surface area contributed by atoms with E-state index < -0.39 is 0 Å². The van der Waals surface area contributed by atoms with Gasteiger partial charge in [0.05, 0.1) is 7.11 Å². The fourth-order valence-corrected chi connectivity index (χ4v) is 1.75. The quantitative estimate of drug-likeness (QED) is 0.898. The zero-order valence-electron chi connectivity index (χ0n) is 10.8. The van der Waals surface area contributed by atoms with Gasteiger partial charge in [-0.2, -0.15) is 0 Å². The van der Waals surface area contributed by atoms with Crippen LogP contribution >= 0.6 is 0 Å². The molecule has 1 N–H and O–H groups in total. The zero-order chi connectivity index (χ0) is 13.1. The van der Waals surface area contributed by atoms with Crippen LogP contribution in [-0.4, -0.2) is 26.3 Å². The molecular formula is C15H16NO2. The van der Waals surface area contributed by atoms with Crippen molar-refractivity contribution in [3.05, 3.63) is 42.5 Å². The molecule has 1 radical (unpaired) electrons. The van der Waals surface area contributed by atoms with E-state index in [4.69, 9.17) is 4.74 Å². The second-order valence-corrected chi connectivity index (χ2v) is 4.24. The molecule has 18 heavy (non-hydrogen) atoms. The fraction of sp³-hybridized carbons (Fsp3) is 0.200. The average molecular weight is 242 g/mol. The molecule has 0 unspecified atom stereocenters. The number of phenols is 1. The molecule has 0 aliphatic rings. The van der Waals surface area contributed by atoms with Crippen LogP contribution in [0.4, 0.5) is 5.69 Å². The number of aromatic hydroxyl groups is 1. The number of benzene rings is 2. The third-order valence-electron chi connectivity index (χ3n) is 2.80. The smallest absolute Gasteiger partial charge is 0.125 e. The maximum absolute atomic E-state index is 10.1. The lowest BCUT2D eigenvalue weighted by Crippen LogP contribution is -2.08. The zero-order valence-corrected chi connectivity index (χ0v) is 10.8. The summed E-state index contributed by atoms with van der Waals surface area (Å²) in [5.74, 6) is 0.991. The first-order chi connectivity index (χ1) is 8.61. The van der Waals surface area contributed by atoms with Gasteiger partial charge in [0.2, 0.25) is 0 Å². The van der Waals surface area contributed by atoms with Crippen molar-refractivity contribution in [3.8, 4) is 22.6 Å². The van der Waals surface area contributed by atoms with E-state index in [1.165, 1.54) is 0 Å². The van der Waals surface area contributed by atoms with Gasteiger partial charge in [0.1, 0.15) is 11.5 Å². The molecule has 93 valence electrons. The normalized spacial score (nSPS) is 10.2. The molecule has 2 aromatic rings. The highest BCUT2D eigenvalue weighted by Gasteiger charge is 2.07. The lowest BCUT2D eigenvalue weighted by atomic mass is 10.0. The molecule has 0 saturated heterocycles. The number of hydrogen-bond donors (Lipinski definition) is 1. The average Bonchev–Trinajstić information content (AvgIpc) is 2.38. The lowest BCUT2D eigenvalue weighted by Gasteiger charge is -2.14. The van der Waals surface area contributed by atoms with E-state index in [9.17, 15) is 5.11 Å². The lowest BCUT2D eigenvalue weighted by molar-refractivity contribution is 0.415.